The van der Waals surface area contributed by atoms with E-state index in [-0.39, 0.29) is 17.7 Å². The Morgan fingerprint density at radius 2 is 1.86 bits per heavy atom. The minimum absolute atomic E-state index is 0.000991. The molecule has 0 atom stereocenters. The molecule has 4 heteroatoms. The van der Waals surface area contributed by atoms with Crippen molar-refractivity contribution in [1.29, 1.82) is 0 Å². The number of nitrogens with zero attached hydrogens (tertiary/aromatic N) is 1. The minimum atomic E-state index is -0.000991. The van der Waals surface area contributed by atoms with Gasteiger partial charge in [-0.25, -0.2) is 4.79 Å². The molecule has 0 spiro atoms. The maximum atomic E-state index is 12.6. The standard InChI is InChI=1S/C18H26N2O2/c1-4-9-19-18(22)20-10-7-15(8-11-20)17(21)16-6-5-13(2)14(3)12-16/h5-6,12,15H,4,7-11H2,1-3H3,(H,19,22). The summed E-state index contributed by atoms with van der Waals surface area (Å²) in [6, 6.07) is 5.91. The van der Waals surface area contributed by atoms with Gasteiger partial charge in [-0.1, -0.05) is 19.1 Å². The number of hydrogen-bond acceptors (Lipinski definition) is 2. The van der Waals surface area contributed by atoms with Crippen LogP contribution in [0.15, 0.2) is 18.2 Å². The number of carbonyl (C=O) groups is 2. The number of benzene rings is 1. The van der Waals surface area contributed by atoms with Crippen LogP contribution in [-0.4, -0.2) is 36.3 Å². The van der Waals surface area contributed by atoms with Crippen LogP contribution in [0.4, 0.5) is 4.79 Å². The second kappa shape index (κ2) is 7.43. The number of aryl methyl sites for hydroxylation is 2. The van der Waals surface area contributed by atoms with E-state index < -0.39 is 0 Å². The van der Waals surface area contributed by atoms with Crippen LogP contribution in [0.3, 0.4) is 0 Å². The first-order valence-electron chi connectivity index (χ1n) is 8.17. The zero-order valence-corrected chi connectivity index (χ0v) is 13.8. The molecule has 22 heavy (non-hydrogen) atoms. The zero-order chi connectivity index (χ0) is 16.1. The van der Waals surface area contributed by atoms with Crippen LogP contribution in [0.2, 0.25) is 0 Å². The molecule has 1 saturated heterocycles. The predicted octanol–water partition coefficient (Wildman–Crippen LogP) is 3.32. The number of amides is 2. The molecule has 0 unspecified atom stereocenters. The van der Waals surface area contributed by atoms with Crippen molar-refractivity contribution in [2.75, 3.05) is 19.6 Å². The second-order valence-corrected chi connectivity index (χ2v) is 6.16. The number of Topliss-reactive ketones (excluding diaryl/α,β-unsaturated/α-hetero) is 1. The third-order valence-corrected chi connectivity index (χ3v) is 4.47. The molecule has 2 rings (SSSR count). The Morgan fingerprint density at radius 3 is 2.45 bits per heavy atom. The summed E-state index contributed by atoms with van der Waals surface area (Å²) < 4.78 is 0. The number of piperidine rings is 1. The Kier molecular flexibility index (Phi) is 5.58. The molecule has 4 nitrogen and oxygen atoms in total. The van der Waals surface area contributed by atoms with E-state index in [1.165, 1.54) is 5.56 Å². The highest BCUT2D eigenvalue weighted by atomic mass is 16.2. The van der Waals surface area contributed by atoms with E-state index in [4.69, 9.17) is 0 Å². The van der Waals surface area contributed by atoms with Crippen LogP contribution in [0, 0.1) is 19.8 Å². The summed E-state index contributed by atoms with van der Waals surface area (Å²) >= 11 is 0. The second-order valence-electron chi connectivity index (χ2n) is 6.16. The van der Waals surface area contributed by atoms with Gasteiger partial charge in [0.15, 0.2) is 5.78 Å². The largest absolute Gasteiger partial charge is 0.338 e. The van der Waals surface area contributed by atoms with Crippen LogP contribution in [0.25, 0.3) is 0 Å². The van der Waals surface area contributed by atoms with Crippen LogP contribution in [0.1, 0.15) is 47.7 Å². The molecular formula is C18H26N2O2. The molecular weight excluding hydrogens is 276 g/mol. The minimum Gasteiger partial charge on any atom is -0.338 e. The monoisotopic (exact) mass is 302 g/mol. The summed E-state index contributed by atoms with van der Waals surface area (Å²) in [4.78, 5) is 26.3. The van der Waals surface area contributed by atoms with Crippen molar-refractivity contribution in [3.8, 4) is 0 Å². The van der Waals surface area contributed by atoms with Crippen molar-refractivity contribution in [3.63, 3.8) is 0 Å². The van der Waals surface area contributed by atoms with Crippen LogP contribution >= 0.6 is 0 Å². The van der Waals surface area contributed by atoms with E-state index in [0.29, 0.717) is 19.6 Å². The Hall–Kier alpha value is -1.84. The van der Waals surface area contributed by atoms with Crippen LogP contribution in [-0.2, 0) is 0 Å². The number of likely N-dealkylation sites (tertiary alicyclic amines) is 1. The third kappa shape index (κ3) is 3.87. The first kappa shape index (κ1) is 16.5. The fourth-order valence-electron chi connectivity index (χ4n) is 2.82. The molecule has 1 aliphatic heterocycles. The predicted molar refractivity (Wildman–Crippen MR) is 88.2 cm³/mol. The summed E-state index contributed by atoms with van der Waals surface area (Å²) in [7, 11) is 0. The van der Waals surface area contributed by atoms with Crippen molar-refractivity contribution < 1.29 is 9.59 Å². The molecule has 1 fully saturated rings. The lowest BCUT2D eigenvalue weighted by Crippen LogP contribution is -2.45. The van der Waals surface area contributed by atoms with Crippen molar-refractivity contribution in [2.45, 2.75) is 40.0 Å². The Morgan fingerprint density at radius 1 is 1.18 bits per heavy atom. The first-order chi connectivity index (χ1) is 10.5. The lowest BCUT2D eigenvalue weighted by Gasteiger charge is -2.31. The summed E-state index contributed by atoms with van der Waals surface area (Å²) in [6.07, 6.45) is 2.45. The molecule has 1 aliphatic rings. The summed E-state index contributed by atoms with van der Waals surface area (Å²) in [5, 5.41) is 2.89. The van der Waals surface area contributed by atoms with E-state index >= 15 is 0 Å². The number of carbonyl (C=O) groups excluding carboxylic acids is 2. The molecule has 0 aromatic heterocycles. The fourth-order valence-corrected chi connectivity index (χ4v) is 2.82. The van der Waals surface area contributed by atoms with Crippen LogP contribution < -0.4 is 5.32 Å². The van der Waals surface area contributed by atoms with Gasteiger partial charge in [0.1, 0.15) is 0 Å². The average molecular weight is 302 g/mol. The Balaban J connectivity index is 1.92. The highest BCUT2D eigenvalue weighted by molar-refractivity contribution is 5.98. The third-order valence-electron chi connectivity index (χ3n) is 4.47. The number of ketones is 1. The number of rotatable bonds is 4. The molecule has 1 heterocycles. The summed E-state index contributed by atoms with van der Waals surface area (Å²) in [5.41, 5.74) is 3.16. The van der Waals surface area contributed by atoms with E-state index in [1.807, 2.05) is 36.9 Å². The van der Waals surface area contributed by atoms with Gasteiger partial charge in [0, 0.05) is 31.1 Å². The van der Waals surface area contributed by atoms with Gasteiger partial charge in [0.2, 0.25) is 0 Å². The van der Waals surface area contributed by atoms with Gasteiger partial charge in [-0.2, -0.15) is 0 Å². The molecule has 1 aromatic carbocycles. The van der Waals surface area contributed by atoms with Crippen molar-refractivity contribution in [3.05, 3.63) is 34.9 Å². The summed E-state index contributed by atoms with van der Waals surface area (Å²) in [6.45, 7) is 8.16. The van der Waals surface area contributed by atoms with Gasteiger partial charge < -0.3 is 10.2 Å². The van der Waals surface area contributed by atoms with E-state index in [1.54, 1.807) is 0 Å². The van der Waals surface area contributed by atoms with Gasteiger partial charge >= 0.3 is 6.03 Å². The normalized spacial score (nSPS) is 15.7. The van der Waals surface area contributed by atoms with Crippen LogP contribution in [0.5, 0.6) is 0 Å². The molecule has 120 valence electrons. The molecule has 0 aliphatic carbocycles. The molecule has 2 amide bonds. The number of nitrogens with one attached hydrogen (secondary N) is 1. The SMILES string of the molecule is CCCNC(=O)N1CCC(C(=O)c2ccc(C)c(C)c2)CC1. The highest BCUT2D eigenvalue weighted by Gasteiger charge is 2.27. The Labute approximate surface area is 132 Å². The fraction of sp³-hybridized carbons (Fsp3) is 0.556. The lowest BCUT2D eigenvalue weighted by atomic mass is 9.88. The quantitative estimate of drug-likeness (QED) is 0.867. The van der Waals surface area contributed by atoms with Crippen molar-refractivity contribution >= 4 is 11.8 Å². The summed E-state index contributed by atoms with van der Waals surface area (Å²) in [5.74, 6) is 0.258. The first-order valence-corrected chi connectivity index (χ1v) is 8.17. The van der Waals surface area contributed by atoms with Gasteiger partial charge in [-0.3, -0.25) is 4.79 Å². The molecule has 0 saturated carbocycles. The van der Waals surface area contributed by atoms with Gasteiger partial charge in [-0.05, 0) is 50.3 Å². The molecule has 1 aromatic rings. The van der Waals surface area contributed by atoms with Gasteiger partial charge in [-0.15, -0.1) is 0 Å². The van der Waals surface area contributed by atoms with E-state index in [9.17, 15) is 9.59 Å². The molecule has 0 radical (unpaired) electrons. The maximum Gasteiger partial charge on any atom is 0.317 e. The number of urea groups is 1. The zero-order valence-electron chi connectivity index (χ0n) is 13.8. The number of hydrogen-bond donors (Lipinski definition) is 1. The van der Waals surface area contributed by atoms with E-state index in [2.05, 4.69) is 12.2 Å². The average Bonchev–Trinajstić information content (AvgIpc) is 2.54. The lowest BCUT2D eigenvalue weighted by molar-refractivity contribution is 0.0854. The Bertz CT molecular complexity index is 546. The highest BCUT2D eigenvalue weighted by Crippen LogP contribution is 2.23. The van der Waals surface area contributed by atoms with Crippen molar-refractivity contribution in [1.82, 2.24) is 10.2 Å². The van der Waals surface area contributed by atoms with Crippen molar-refractivity contribution in [2.24, 2.45) is 5.92 Å². The molecule has 1 N–H and O–H groups in total. The smallest absolute Gasteiger partial charge is 0.317 e. The van der Waals surface area contributed by atoms with E-state index in [0.717, 1.165) is 30.4 Å². The maximum absolute atomic E-state index is 12.6. The topological polar surface area (TPSA) is 49.4 Å². The van der Waals surface area contributed by atoms with Gasteiger partial charge in [0.25, 0.3) is 0 Å². The van der Waals surface area contributed by atoms with Gasteiger partial charge in [0.05, 0.1) is 0 Å². The molecule has 0 bridgehead atoms.